The summed E-state index contributed by atoms with van der Waals surface area (Å²) in [6, 6.07) is 4.22. The molecule has 0 aliphatic heterocycles. The first-order valence-corrected chi connectivity index (χ1v) is 7.69. The van der Waals surface area contributed by atoms with E-state index in [0.29, 0.717) is 6.61 Å². The smallest absolute Gasteiger partial charge is 0.160 e. The van der Waals surface area contributed by atoms with Crippen molar-refractivity contribution in [1.82, 2.24) is 0 Å². The second kappa shape index (κ2) is 5.42. The van der Waals surface area contributed by atoms with Gasteiger partial charge in [-0.1, -0.05) is 32.1 Å². The molecule has 2 rings (SSSR count). The van der Waals surface area contributed by atoms with Gasteiger partial charge in [-0.3, -0.25) is 4.79 Å². The number of Topliss-reactive ketones (excluding diaryl/α,β-unsaturated/α-hetero) is 1. The molecule has 1 aromatic rings. The first kappa shape index (κ1) is 16.0. The Labute approximate surface area is 128 Å². The second-order valence-electron chi connectivity index (χ2n) is 6.97. The summed E-state index contributed by atoms with van der Waals surface area (Å²) in [5.74, 6) is 0.0948. The zero-order valence-electron chi connectivity index (χ0n) is 14.0. The van der Waals surface area contributed by atoms with Crippen molar-refractivity contribution in [2.45, 2.75) is 59.0 Å². The highest BCUT2D eigenvalue weighted by Gasteiger charge is 2.31. The predicted molar refractivity (Wildman–Crippen MR) is 87.8 cm³/mol. The molecule has 1 aromatic carbocycles. The normalized spacial score (nSPS) is 16.7. The fourth-order valence-corrected chi connectivity index (χ4v) is 3.16. The number of ether oxygens (including phenoxy) is 1. The summed E-state index contributed by atoms with van der Waals surface area (Å²) >= 11 is 0. The van der Waals surface area contributed by atoms with Crippen molar-refractivity contribution >= 4 is 11.9 Å². The van der Waals surface area contributed by atoms with Gasteiger partial charge in [-0.05, 0) is 62.3 Å². The van der Waals surface area contributed by atoms with Crippen LogP contribution in [-0.2, 0) is 15.8 Å². The number of benzene rings is 1. The van der Waals surface area contributed by atoms with Gasteiger partial charge in [0.2, 0.25) is 0 Å². The van der Waals surface area contributed by atoms with Gasteiger partial charge in [0.15, 0.2) is 5.78 Å². The van der Waals surface area contributed by atoms with Gasteiger partial charge >= 0.3 is 0 Å². The van der Waals surface area contributed by atoms with Crippen LogP contribution in [-0.4, -0.2) is 12.4 Å². The fourth-order valence-electron chi connectivity index (χ4n) is 3.16. The van der Waals surface area contributed by atoms with Crippen LogP contribution in [0.4, 0.5) is 0 Å². The molecule has 0 aromatic heterocycles. The number of hydrogen-bond donors (Lipinski definition) is 0. The number of carbonyl (C=O) groups excluding carboxylic acids is 1. The summed E-state index contributed by atoms with van der Waals surface area (Å²) < 4.78 is 5.90. The summed E-state index contributed by atoms with van der Waals surface area (Å²) in [6.07, 6.45) is 5.35. The van der Waals surface area contributed by atoms with Gasteiger partial charge in [0.1, 0.15) is 0 Å². The zero-order chi connectivity index (χ0) is 15.8. The van der Waals surface area contributed by atoms with Gasteiger partial charge in [0, 0.05) is 12.2 Å². The lowest BCUT2D eigenvalue weighted by molar-refractivity contribution is -0.0146. The van der Waals surface area contributed by atoms with E-state index in [1.807, 2.05) is 26.8 Å². The topological polar surface area (TPSA) is 26.3 Å². The van der Waals surface area contributed by atoms with E-state index < -0.39 is 5.60 Å². The Hall–Kier alpha value is -1.41. The molecule has 2 heteroatoms. The maximum absolute atomic E-state index is 12.1. The summed E-state index contributed by atoms with van der Waals surface area (Å²) in [4.78, 5) is 12.1. The van der Waals surface area contributed by atoms with Gasteiger partial charge in [0.25, 0.3) is 0 Å². The van der Waals surface area contributed by atoms with Crippen LogP contribution in [0.25, 0.3) is 6.08 Å². The standard InChI is InChI=1S/C19H26O2/c1-7-21-19(5,6)17-12-16-14(11-15(17)13(2)20)9-8-10-18(16,3)4/h8-9,11-12H,7,10H2,1-6H3. The number of ketones is 1. The molecular weight excluding hydrogens is 260 g/mol. The van der Waals surface area contributed by atoms with Crippen LogP contribution in [0, 0.1) is 0 Å². The molecule has 1 aliphatic rings. The van der Waals surface area contributed by atoms with Crippen molar-refractivity contribution in [3.63, 3.8) is 0 Å². The molecule has 0 amide bonds. The maximum atomic E-state index is 12.1. The monoisotopic (exact) mass is 286 g/mol. The molecular formula is C19H26O2. The quantitative estimate of drug-likeness (QED) is 0.739. The van der Waals surface area contributed by atoms with Crippen LogP contribution in [0.1, 0.15) is 75.0 Å². The highest BCUT2D eigenvalue weighted by molar-refractivity contribution is 5.97. The van der Waals surface area contributed by atoms with E-state index in [9.17, 15) is 4.79 Å². The molecule has 0 unspecified atom stereocenters. The predicted octanol–water partition coefficient (Wildman–Crippen LogP) is 4.86. The summed E-state index contributed by atoms with van der Waals surface area (Å²) in [6.45, 7) is 12.8. The molecule has 2 nitrogen and oxygen atoms in total. The first-order valence-electron chi connectivity index (χ1n) is 7.69. The van der Waals surface area contributed by atoms with Crippen LogP contribution in [0.2, 0.25) is 0 Å². The third-order valence-corrected chi connectivity index (χ3v) is 4.38. The summed E-state index contributed by atoms with van der Waals surface area (Å²) in [5.41, 5.74) is 3.87. The number of allylic oxidation sites excluding steroid dienone is 1. The van der Waals surface area contributed by atoms with Gasteiger partial charge in [-0.15, -0.1) is 0 Å². The minimum absolute atomic E-state index is 0.0937. The van der Waals surface area contributed by atoms with Gasteiger partial charge < -0.3 is 4.74 Å². The Kier molecular flexibility index (Phi) is 4.12. The van der Waals surface area contributed by atoms with Crippen molar-refractivity contribution in [1.29, 1.82) is 0 Å². The van der Waals surface area contributed by atoms with Crippen molar-refractivity contribution in [3.05, 3.63) is 40.5 Å². The molecule has 0 spiro atoms. The van der Waals surface area contributed by atoms with Crippen molar-refractivity contribution in [3.8, 4) is 0 Å². The molecule has 0 bridgehead atoms. The van der Waals surface area contributed by atoms with Gasteiger partial charge in [-0.25, -0.2) is 0 Å². The molecule has 0 heterocycles. The Balaban J connectivity index is 2.69. The van der Waals surface area contributed by atoms with E-state index in [1.165, 1.54) is 5.56 Å². The molecule has 0 fully saturated rings. The van der Waals surface area contributed by atoms with Gasteiger partial charge in [0.05, 0.1) is 5.60 Å². The van der Waals surface area contributed by atoms with E-state index in [2.05, 4.69) is 32.1 Å². The first-order chi connectivity index (χ1) is 9.69. The largest absolute Gasteiger partial charge is 0.371 e. The van der Waals surface area contributed by atoms with Crippen LogP contribution >= 0.6 is 0 Å². The Morgan fingerprint density at radius 1 is 1.33 bits per heavy atom. The zero-order valence-corrected chi connectivity index (χ0v) is 14.0. The highest BCUT2D eigenvalue weighted by Crippen LogP contribution is 2.39. The van der Waals surface area contributed by atoms with Crippen LogP contribution in [0.5, 0.6) is 0 Å². The SMILES string of the molecule is CCOC(C)(C)c1cc2c(cc1C(C)=O)C=CCC2(C)C. The molecule has 0 N–H and O–H groups in total. The second-order valence-corrected chi connectivity index (χ2v) is 6.97. The fraction of sp³-hybridized carbons (Fsp3) is 0.526. The third-order valence-electron chi connectivity index (χ3n) is 4.38. The van der Waals surface area contributed by atoms with E-state index >= 15 is 0 Å². The van der Waals surface area contributed by atoms with Crippen molar-refractivity contribution in [2.75, 3.05) is 6.61 Å². The van der Waals surface area contributed by atoms with E-state index in [1.54, 1.807) is 6.92 Å². The third kappa shape index (κ3) is 2.96. The number of hydrogen-bond acceptors (Lipinski definition) is 2. The average Bonchev–Trinajstić information content (AvgIpc) is 2.37. The van der Waals surface area contributed by atoms with E-state index in [-0.39, 0.29) is 11.2 Å². The molecule has 21 heavy (non-hydrogen) atoms. The molecule has 0 saturated heterocycles. The average molecular weight is 286 g/mol. The minimum atomic E-state index is -0.456. The molecule has 1 aliphatic carbocycles. The minimum Gasteiger partial charge on any atom is -0.371 e. The molecule has 114 valence electrons. The van der Waals surface area contributed by atoms with E-state index in [4.69, 9.17) is 4.74 Å². The lowest BCUT2D eigenvalue weighted by Gasteiger charge is -2.34. The summed E-state index contributed by atoms with van der Waals surface area (Å²) in [7, 11) is 0. The lowest BCUT2D eigenvalue weighted by atomic mass is 9.73. The Morgan fingerprint density at radius 2 is 2.00 bits per heavy atom. The van der Waals surface area contributed by atoms with E-state index in [0.717, 1.165) is 23.1 Å². The Bertz CT molecular complexity index is 592. The number of rotatable bonds is 4. The van der Waals surface area contributed by atoms with Crippen LogP contribution < -0.4 is 0 Å². The Morgan fingerprint density at radius 3 is 2.57 bits per heavy atom. The van der Waals surface area contributed by atoms with Crippen LogP contribution in [0.3, 0.4) is 0 Å². The number of carbonyl (C=O) groups is 1. The maximum Gasteiger partial charge on any atom is 0.160 e. The van der Waals surface area contributed by atoms with Crippen molar-refractivity contribution in [2.24, 2.45) is 0 Å². The molecule has 0 radical (unpaired) electrons. The van der Waals surface area contributed by atoms with Crippen molar-refractivity contribution < 1.29 is 9.53 Å². The number of fused-ring (bicyclic) bond motifs is 1. The molecule has 0 saturated carbocycles. The van der Waals surface area contributed by atoms with Crippen LogP contribution in [0.15, 0.2) is 18.2 Å². The highest BCUT2D eigenvalue weighted by atomic mass is 16.5. The lowest BCUT2D eigenvalue weighted by Crippen LogP contribution is -2.27. The summed E-state index contributed by atoms with van der Waals surface area (Å²) in [5, 5.41) is 0. The van der Waals surface area contributed by atoms with Gasteiger partial charge in [-0.2, -0.15) is 0 Å². The molecule has 0 atom stereocenters.